The van der Waals surface area contributed by atoms with E-state index in [1.165, 1.54) is 12.1 Å². The molecule has 1 aromatic heterocycles. The molecule has 100 valence electrons. The Kier molecular flexibility index (Phi) is 4.28. The molecule has 3 nitrogen and oxygen atoms in total. The predicted molar refractivity (Wildman–Crippen MR) is 69.1 cm³/mol. The molecule has 0 unspecified atom stereocenters. The van der Waals surface area contributed by atoms with E-state index >= 15 is 0 Å². The molecule has 0 saturated carbocycles. The molecule has 0 aliphatic carbocycles. The first kappa shape index (κ1) is 13.3. The lowest BCUT2D eigenvalue weighted by Crippen LogP contribution is -2.05. The number of hydrogen-bond donors (Lipinski definition) is 1. The number of benzene rings is 1. The van der Waals surface area contributed by atoms with Gasteiger partial charge >= 0.3 is 0 Å². The van der Waals surface area contributed by atoms with Gasteiger partial charge in [-0.3, -0.25) is 0 Å². The highest BCUT2D eigenvalue weighted by atomic mass is 19.1. The fraction of sp³-hybridized carbons (Fsp3) is 0.214. The van der Waals surface area contributed by atoms with Gasteiger partial charge in [0, 0.05) is 24.4 Å². The van der Waals surface area contributed by atoms with Gasteiger partial charge in [-0.05, 0) is 25.1 Å². The van der Waals surface area contributed by atoms with Crippen LogP contribution in [0.1, 0.15) is 12.5 Å². The summed E-state index contributed by atoms with van der Waals surface area (Å²) in [6.07, 6.45) is 1.62. The van der Waals surface area contributed by atoms with Crippen LogP contribution in [-0.4, -0.2) is 11.6 Å². The van der Waals surface area contributed by atoms with Crippen molar-refractivity contribution in [2.75, 3.05) is 11.9 Å². The van der Waals surface area contributed by atoms with E-state index < -0.39 is 11.6 Å². The first-order chi connectivity index (χ1) is 9.20. The summed E-state index contributed by atoms with van der Waals surface area (Å²) in [7, 11) is 0. The number of nitrogens with one attached hydrogen (secondary N) is 1. The van der Waals surface area contributed by atoms with E-state index in [1.54, 1.807) is 18.3 Å². The number of rotatable bonds is 5. The van der Waals surface area contributed by atoms with Crippen LogP contribution in [-0.2, 0) is 6.54 Å². The summed E-state index contributed by atoms with van der Waals surface area (Å²) in [6.45, 7) is 2.59. The highest BCUT2D eigenvalue weighted by Crippen LogP contribution is 2.21. The van der Waals surface area contributed by atoms with E-state index in [4.69, 9.17) is 4.74 Å². The van der Waals surface area contributed by atoms with E-state index in [1.807, 2.05) is 6.92 Å². The maximum Gasteiger partial charge on any atom is 0.237 e. The molecule has 0 aliphatic rings. The number of pyridine rings is 1. The smallest absolute Gasteiger partial charge is 0.237 e. The summed E-state index contributed by atoms with van der Waals surface area (Å²) >= 11 is 0. The van der Waals surface area contributed by atoms with Crippen LogP contribution >= 0.6 is 0 Å². The van der Waals surface area contributed by atoms with Gasteiger partial charge in [0.2, 0.25) is 5.88 Å². The first-order valence-electron chi connectivity index (χ1n) is 5.96. The first-order valence-corrected chi connectivity index (χ1v) is 5.96. The molecular formula is C14H14F2N2O. The number of anilines is 1. The molecule has 2 aromatic rings. The third kappa shape index (κ3) is 3.40. The summed E-state index contributed by atoms with van der Waals surface area (Å²) in [5, 5.41) is 3.02. The Morgan fingerprint density at radius 3 is 2.84 bits per heavy atom. The molecule has 19 heavy (non-hydrogen) atoms. The summed E-state index contributed by atoms with van der Waals surface area (Å²) < 4.78 is 31.6. The van der Waals surface area contributed by atoms with Crippen molar-refractivity contribution >= 4 is 5.69 Å². The Morgan fingerprint density at radius 2 is 2.11 bits per heavy atom. The fourth-order valence-corrected chi connectivity index (χ4v) is 1.63. The Bertz CT molecular complexity index is 561. The van der Waals surface area contributed by atoms with Crippen LogP contribution in [0.3, 0.4) is 0 Å². The van der Waals surface area contributed by atoms with Gasteiger partial charge in [-0.1, -0.05) is 6.07 Å². The van der Waals surface area contributed by atoms with Gasteiger partial charge in [-0.15, -0.1) is 0 Å². The lowest BCUT2D eigenvalue weighted by molar-refractivity contribution is 0.328. The molecular weight excluding hydrogens is 250 g/mol. The van der Waals surface area contributed by atoms with Gasteiger partial charge in [-0.25, -0.2) is 13.8 Å². The van der Waals surface area contributed by atoms with Crippen molar-refractivity contribution in [3.63, 3.8) is 0 Å². The number of halogens is 2. The normalized spacial score (nSPS) is 10.3. The van der Waals surface area contributed by atoms with Gasteiger partial charge in [-0.2, -0.15) is 0 Å². The SMILES string of the molecule is CCOc1ncccc1NCc1ccc(F)cc1F. The quantitative estimate of drug-likeness (QED) is 0.899. The zero-order chi connectivity index (χ0) is 13.7. The second-order valence-electron chi connectivity index (χ2n) is 3.88. The minimum Gasteiger partial charge on any atom is -0.476 e. The van der Waals surface area contributed by atoms with Crippen LogP contribution in [0.25, 0.3) is 0 Å². The molecule has 0 saturated heterocycles. The van der Waals surface area contributed by atoms with Crippen LogP contribution in [0.15, 0.2) is 36.5 Å². The second-order valence-corrected chi connectivity index (χ2v) is 3.88. The van der Waals surface area contributed by atoms with Crippen LogP contribution < -0.4 is 10.1 Å². The van der Waals surface area contributed by atoms with Crippen LogP contribution in [0.4, 0.5) is 14.5 Å². The Hall–Kier alpha value is -2.17. The average Bonchev–Trinajstić information content (AvgIpc) is 2.40. The molecule has 0 aliphatic heterocycles. The van der Waals surface area contributed by atoms with Crippen molar-refractivity contribution in [1.82, 2.24) is 4.98 Å². The van der Waals surface area contributed by atoms with Crippen molar-refractivity contribution in [2.45, 2.75) is 13.5 Å². The highest BCUT2D eigenvalue weighted by molar-refractivity contribution is 5.52. The zero-order valence-corrected chi connectivity index (χ0v) is 10.5. The predicted octanol–water partition coefficient (Wildman–Crippen LogP) is 3.37. The van der Waals surface area contributed by atoms with E-state index in [-0.39, 0.29) is 6.54 Å². The summed E-state index contributed by atoms with van der Waals surface area (Å²) in [5.41, 5.74) is 1.06. The molecule has 1 N–H and O–H groups in total. The van der Waals surface area contributed by atoms with E-state index in [2.05, 4.69) is 10.3 Å². The molecule has 5 heteroatoms. The third-order valence-electron chi connectivity index (χ3n) is 2.54. The topological polar surface area (TPSA) is 34.1 Å². The molecule has 0 atom stereocenters. The lowest BCUT2D eigenvalue weighted by Gasteiger charge is -2.11. The second kappa shape index (κ2) is 6.13. The fourth-order valence-electron chi connectivity index (χ4n) is 1.63. The maximum absolute atomic E-state index is 13.5. The minimum absolute atomic E-state index is 0.234. The van der Waals surface area contributed by atoms with Crippen LogP contribution in [0, 0.1) is 11.6 Å². The van der Waals surface area contributed by atoms with Crippen molar-refractivity contribution in [2.24, 2.45) is 0 Å². The molecule has 1 aromatic carbocycles. The van der Waals surface area contributed by atoms with Crippen LogP contribution in [0.2, 0.25) is 0 Å². The highest BCUT2D eigenvalue weighted by Gasteiger charge is 2.06. The summed E-state index contributed by atoms with van der Waals surface area (Å²) in [6, 6.07) is 7.05. The minimum atomic E-state index is -0.586. The molecule has 0 fully saturated rings. The third-order valence-corrected chi connectivity index (χ3v) is 2.54. The van der Waals surface area contributed by atoms with E-state index in [9.17, 15) is 8.78 Å². The molecule has 0 spiro atoms. The van der Waals surface area contributed by atoms with Crippen molar-refractivity contribution in [3.05, 3.63) is 53.7 Å². The number of aromatic nitrogens is 1. The van der Waals surface area contributed by atoms with Gasteiger partial charge < -0.3 is 10.1 Å². The Morgan fingerprint density at radius 1 is 1.26 bits per heavy atom. The van der Waals surface area contributed by atoms with E-state index in [0.717, 1.165) is 6.07 Å². The van der Waals surface area contributed by atoms with Gasteiger partial charge in [0.25, 0.3) is 0 Å². The molecule has 0 amide bonds. The molecule has 2 rings (SSSR count). The summed E-state index contributed by atoms with van der Waals surface area (Å²) in [5.74, 6) is -0.695. The number of ether oxygens (including phenoxy) is 1. The molecule has 0 radical (unpaired) electrons. The maximum atomic E-state index is 13.5. The van der Waals surface area contributed by atoms with Crippen molar-refractivity contribution in [3.8, 4) is 5.88 Å². The van der Waals surface area contributed by atoms with Crippen molar-refractivity contribution in [1.29, 1.82) is 0 Å². The monoisotopic (exact) mass is 264 g/mol. The zero-order valence-electron chi connectivity index (χ0n) is 10.5. The van der Waals surface area contributed by atoms with Gasteiger partial charge in [0.15, 0.2) is 0 Å². The number of hydrogen-bond acceptors (Lipinski definition) is 3. The lowest BCUT2D eigenvalue weighted by atomic mass is 10.2. The number of nitrogens with zero attached hydrogens (tertiary/aromatic N) is 1. The van der Waals surface area contributed by atoms with Gasteiger partial charge in [0.1, 0.15) is 11.6 Å². The standard InChI is InChI=1S/C14H14F2N2O/c1-2-19-14-13(4-3-7-17-14)18-9-10-5-6-11(15)8-12(10)16/h3-8,18H,2,9H2,1H3. The molecule has 1 heterocycles. The van der Waals surface area contributed by atoms with Crippen molar-refractivity contribution < 1.29 is 13.5 Å². The Balaban J connectivity index is 2.10. The van der Waals surface area contributed by atoms with Crippen LogP contribution in [0.5, 0.6) is 5.88 Å². The largest absolute Gasteiger partial charge is 0.476 e. The Labute approximate surface area is 110 Å². The average molecular weight is 264 g/mol. The van der Waals surface area contributed by atoms with Gasteiger partial charge in [0.05, 0.1) is 12.3 Å². The molecule has 0 bridgehead atoms. The van der Waals surface area contributed by atoms with E-state index in [0.29, 0.717) is 23.7 Å². The summed E-state index contributed by atoms with van der Waals surface area (Å²) in [4.78, 5) is 4.08.